The van der Waals surface area contributed by atoms with E-state index in [-0.39, 0.29) is 6.10 Å². The highest BCUT2D eigenvalue weighted by Crippen LogP contribution is 2.54. The van der Waals surface area contributed by atoms with Crippen LogP contribution in [0.2, 0.25) is 0 Å². The molecule has 0 aliphatic heterocycles. The summed E-state index contributed by atoms with van der Waals surface area (Å²) < 4.78 is 0. The van der Waals surface area contributed by atoms with Gasteiger partial charge in [-0.25, -0.2) is 0 Å². The van der Waals surface area contributed by atoms with Crippen LogP contribution in [0.1, 0.15) is 52.9 Å². The van der Waals surface area contributed by atoms with Crippen molar-refractivity contribution in [3.8, 4) is 0 Å². The molecule has 92 valence electrons. The maximum atomic E-state index is 10.6. The lowest BCUT2D eigenvalue weighted by atomic mass is 9.53. The van der Waals surface area contributed by atoms with Crippen molar-refractivity contribution in [2.75, 3.05) is 0 Å². The van der Waals surface area contributed by atoms with Crippen LogP contribution >= 0.6 is 0 Å². The summed E-state index contributed by atoms with van der Waals surface area (Å²) in [6, 6.07) is 0. The van der Waals surface area contributed by atoms with Crippen LogP contribution in [0.25, 0.3) is 0 Å². The fourth-order valence-corrected chi connectivity index (χ4v) is 4.35. The van der Waals surface area contributed by atoms with Crippen molar-refractivity contribution in [2.24, 2.45) is 23.2 Å². The molecule has 1 N–H and O–H groups in total. The van der Waals surface area contributed by atoms with Crippen molar-refractivity contribution < 1.29 is 5.11 Å². The molecule has 2 aliphatic carbocycles. The average molecular weight is 222 g/mol. The van der Waals surface area contributed by atoms with E-state index in [1.165, 1.54) is 31.3 Å². The number of rotatable bonds is 1. The van der Waals surface area contributed by atoms with Crippen LogP contribution in [0.15, 0.2) is 12.2 Å². The van der Waals surface area contributed by atoms with Crippen molar-refractivity contribution in [1.29, 1.82) is 0 Å². The highest BCUT2D eigenvalue weighted by atomic mass is 16.3. The number of aliphatic hydroxyl groups is 1. The third-order valence-electron chi connectivity index (χ3n) is 5.26. The second-order valence-electron chi connectivity index (χ2n) is 6.53. The molecular formula is C15H26O. The molecule has 16 heavy (non-hydrogen) atoms. The molecule has 2 aliphatic rings. The summed E-state index contributed by atoms with van der Waals surface area (Å²) >= 11 is 0. The Morgan fingerprint density at radius 1 is 1.31 bits per heavy atom. The van der Waals surface area contributed by atoms with E-state index in [9.17, 15) is 5.11 Å². The predicted molar refractivity (Wildman–Crippen MR) is 68.2 cm³/mol. The molecule has 0 radical (unpaired) electrons. The molecule has 0 spiro atoms. The average Bonchev–Trinajstić information content (AvgIpc) is 2.16. The molecule has 0 bridgehead atoms. The highest BCUT2D eigenvalue weighted by Gasteiger charge is 2.49. The maximum Gasteiger partial charge on any atom is 0.0641 e. The first-order valence-electron chi connectivity index (χ1n) is 6.79. The van der Waals surface area contributed by atoms with Crippen molar-refractivity contribution in [1.82, 2.24) is 0 Å². The van der Waals surface area contributed by atoms with Crippen molar-refractivity contribution in [3.05, 3.63) is 12.2 Å². The second-order valence-corrected chi connectivity index (χ2v) is 6.53. The van der Waals surface area contributed by atoms with Crippen LogP contribution in [-0.2, 0) is 0 Å². The summed E-state index contributed by atoms with van der Waals surface area (Å²) in [7, 11) is 0. The minimum absolute atomic E-state index is 0.147. The summed E-state index contributed by atoms with van der Waals surface area (Å²) in [5.41, 5.74) is 1.57. The van der Waals surface area contributed by atoms with Crippen LogP contribution < -0.4 is 0 Å². The molecule has 0 aromatic carbocycles. The zero-order valence-corrected chi connectivity index (χ0v) is 11.0. The van der Waals surface area contributed by atoms with Gasteiger partial charge in [0.2, 0.25) is 0 Å². The first-order valence-corrected chi connectivity index (χ1v) is 6.79. The maximum absolute atomic E-state index is 10.6. The Kier molecular flexibility index (Phi) is 3.18. The quantitative estimate of drug-likeness (QED) is 0.669. The van der Waals surface area contributed by atoms with Gasteiger partial charge in [0.05, 0.1) is 6.10 Å². The molecule has 0 aromatic heterocycles. The van der Waals surface area contributed by atoms with E-state index in [0.29, 0.717) is 23.2 Å². The minimum Gasteiger partial charge on any atom is -0.392 e. The Labute approximate surface area is 99.9 Å². The SMILES string of the molecule is C=C(C)[C@@H]1CC[C@]2(C)CCC[C@@H](C)[C@H]2[C@H]1O. The number of aliphatic hydroxyl groups excluding tert-OH is 1. The van der Waals surface area contributed by atoms with Crippen molar-refractivity contribution >= 4 is 0 Å². The smallest absolute Gasteiger partial charge is 0.0641 e. The molecule has 1 heteroatoms. The fourth-order valence-electron chi connectivity index (χ4n) is 4.35. The lowest BCUT2D eigenvalue weighted by molar-refractivity contribution is -0.0934. The Hall–Kier alpha value is -0.300. The highest BCUT2D eigenvalue weighted by molar-refractivity contribution is 5.08. The molecule has 2 rings (SSSR count). The first-order chi connectivity index (χ1) is 7.46. The van der Waals surface area contributed by atoms with Gasteiger partial charge in [0.1, 0.15) is 0 Å². The molecule has 0 aromatic rings. The van der Waals surface area contributed by atoms with Gasteiger partial charge in [0.15, 0.2) is 0 Å². The summed E-state index contributed by atoms with van der Waals surface area (Å²) in [6.07, 6.45) is 6.21. The van der Waals surface area contributed by atoms with Crippen molar-refractivity contribution in [3.63, 3.8) is 0 Å². The van der Waals surface area contributed by atoms with Gasteiger partial charge in [-0.05, 0) is 43.4 Å². The van der Waals surface area contributed by atoms with E-state index in [2.05, 4.69) is 27.4 Å². The number of hydrogen-bond acceptors (Lipinski definition) is 1. The molecule has 2 saturated carbocycles. The van der Waals surface area contributed by atoms with E-state index in [1.807, 2.05) is 0 Å². The third kappa shape index (κ3) is 1.84. The van der Waals surface area contributed by atoms with Gasteiger partial charge in [-0.3, -0.25) is 0 Å². The summed E-state index contributed by atoms with van der Waals surface area (Å²) in [4.78, 5) is 0. The molecular weight excluding hydrogens is 196 g/mol. The van der Waals surface area contributed by atoms with Gasteiger partial charge in [-0.2, -0.15) is 0 Å². The van der Waals surface area contributed by atoms with Gasteiger partial charge in [-0.1, -0.05) is 38.8 Å². The largest absolute Gasteiger partial charge is 0.392 e. The molecule has 2 fully saturated rings. The van der Waals surface area contributed by atoms with Crippen LogP contribution in [0, 0.1) is 23.2 Å². The monoisotopic (exact) mass is 222 g/mol. The van der Waals surface area contributed by atoms with Gasteiger partial charge in [-0.15, -0.1) is 0 Å². The Bertz CT molecular complexity index is 283. The predicted octanol–water partition coefficient (Wildman–Crippen LogP) is 3.78. The Morgan fingerprint density at radius 2 is 2.00 bits per heavy atom. The van der Waals surface area contributed by atoms with Gasteiger partial charge in [0, 0.05) is 5.92 Å². The number of fused-ring (bicyclic) bond motifs is 1. The second kappa shape index (κ2) is 4.18. The van der Waals surface area contributed by atoms with E-state index in [4.69, 9.17) is 0 Å². The minimum atomic E-state index is -0.147. The summed E-state index contributed by atoms with van der Waals surface area (Å²) in [5, 5.41) is 10.6. The molecule has 5 atom stereocenters. The lowest BCUT2D eigenvalue weighted by Crippen LogP contribution is -2.50. The molecule has 0 saturated heterocycles. The first kappa shape index (κ1) is 12.2. The summed E-state index contributed by atoms with van der Waals surface area (Å²) in [5.74, 6) is 1.52. The van der Waals surface area contributed by atoms with E-state index >= 15 is 0 Å². The molecule has 0 unspecified atom stereocenters. The lowest BCUT2D eigenvalue weighted by Gasteiger charge is -2.53. The van der Waals surface area contributed by atoms with Crippen molar-refractivity contribution in [2.45, 2.75) is 59.0 Å². The van der Waals surface area contributed by atoms with Gasteiger partial charge >= 0.3 is 0 Å². The summed E-state index contributed by atoms with van der Waals surface area (Å²) in [6.45, 7) is 10.8. The van der Waals surface area contributed by atoms with Crippen LogP contribution in [0.3, 0.4) is 0 Å². The zero-order valence-electron chi connectivity index (χ0n) is 11.0. The van der Waals surface area contributed by atoms with Crippen LogP contribution in [0.5, 0.6) is 0 Å². The third-order valence-corrected chi connectivity index (χ3v) is 5.26. The molecule has 1 nitrogen and oxygen atoms in total. The molecule has 0 amide bonds. The Morgan fingerprint density at radius 3 is 2.62 bits per heavy atom. The van der Waals surface area contributed by atoms with Crippen LogP contribution in [0.4, 0.5) is 0 Å². The number of hydrogen-bond donors (Lipinski definition) is 1. The van der Waals surface area contributed by atoms with E-state index in [0.717, 1.165) is 6.42 Å². The zero-order chi connectivity index (χ0) is 11.9. The Balaban J connectivity index is 2.23. The van der Waals surface area contributed by atoms with Gasteiger partial charge in [0.25, 0.3) is 0 Å². The topological polar surface area (TPSA) is 20.2 Å². The molecule has 0 heterocycles. The van der Waals surface area contributed by atoms with E-state index in [1.54, 1.807) is 0 Å². The van der Waals surface area contributed by atoms with Crippen LogP contribution in [-0.4, -0.2) is 11.2 Å². The van der Waals surface area contributed by atoms with Gasteiger partial charge < -0.3 is 5.11 Å². The van der Waals surface area contributed by atoms with E-state index < -0.39 is 0 Å². The standard InChI is InChI=1S/C15H26O/c1-10(2)12-7-9-15(4)8-5-6-11(3)13(15)14(12)16/h11-14,16H,1,5-9H2,2-4H3/t11-,12+,13+,14+,15+/m1/s1. The normalized spacial score (nSPS) is 48.5. The fraction of sp³-hybridized carbons (Fsp3) is 0.867.